The lowest BCUT2D eigenvalue weighted by Gasteiger charge is -2.61. The zero-order chi connectivity index (χ0) is 42.6. The highest BCUT2D eigenvalue weighted by atomic mass is 16.7. The van der Waals surface area contributed by atoms with Crippen LogP contribution in [0.3, 0.4) is 0 Å². The Morgan fingerprint density at radius 2 is 1.44 bits per heavy atom. The second kappa shape index (κ2) is 18.6. The van der Waals surface area contributed by atoms with Crippen LogP contribution in [0.4, 0.5) is 0 Å². The molecule has 0 bridgehead atoms. The fourth-order valence-electron chi connectivity index (χ4n) is 11.3. The number of ether oxygens (including phenoxy) is 7. The summed E-state index contributed by atoms with van der Waals surface area (Å²) in [4.78, 5) is 61.5. The fraction of sp³-hybridized carbons (Fsp3) is 0.756. The molecule has 12 heteroatoms. The third-order valence-corrected chi connectivity index (χ3v) is 14.0. The van der Waals surface area contributed by atoms with E-state index in [1.165, 1.54) is 46.0 Å². The van der Waals surface area contributed by atoms with Crippen LogP contribution in [0.2, 0.25) is 0 Å². The van der Waals surface area contributed by atoms with E-state index in [1.54, 1.807) is 0 Å². The van der Waals surface area contributed by atoms with Crippen LogP contribution in [0, 0.1) is 39.9 Å². The summed E-state index contributed by atoms with van der Waals surface area (Å²) in [6.45, 7) is 27.1. The highest BCUT2D eigenvalue weighted by Gasteiger charge is 2.59. The molecule has 0 N–H and O–H groups in total. The SMILES string of the molecule is C=C(C)[C@@H]1CC=C(C)[C@H](CC[C@H]2C(=C)CC[C@H]3C(C)(C)[C@@H](O[C@@H]4O[C@H](COC(C)=O)[C@@H](OC(C)=O)[C@H](OC(C)=O)[C@H]4OC(C)=O)CC[C@]23C)[C@@]1(C)CCC(=O)OC. The van der Waals surface area contributed by atoms with Crippen molar-refractivity contribution in [2.24, 2.45) is 39.9 Å². The lowest BCUT2D eigenvalue weighted by atomic mass is 9.46. The second-order valence-electron chi connectivity index (χ2n) is 18.2. The fourth-order valence-corrected chi connectivity index (χ4v) is 11.3. The maximum atomic E-state index is 12.5. The van der Waals surface area contributed by atoms with Crippen molar-refractivity contribution in [3.8, 4) is 0 Å². The summed E-state index contributed by atoms with van der Waals surface area (Å²) in [7, 11) is 1.45. The van der Waals surface area contributed by atoms with E-state index in [9.17, 15) is 24.0 Å². The molecule has 3 fully saturated rings. The smallest absolute Gasteiger partial charge is 0.305 e. The van der Waals surface area contributed by atoms with Gasteiger partial charge >= 0.3 is 29.8 Å². The van der Waals surface area contributed by atoms with Gasteiger partial charge in [0, 0.05) is 34.1 Å². The molecule has 0 aromatic rings. The molecule has 4 rings (SSSR count). The maximum Gasteiger partial charge on any atom is 0.305 e. The zero-order valence-electron chi connectivity index (χ0n) is 36.2. The van der Waals surface area contributed by atoms with Gasteiger partial charge in [0.25, 0.3) is 0 Å². The molecule has 0 spiro atoms. The monoisotopic (exact) mass is 800 g/mol. The molecule has 0 aromatic heterocycles. The Morgan fingerprint density at radius 3 is 2.02 bits per heavy atom. The van der Waals surface area contributed by atoms with Gasteiger partial charge in [-0.2, -0.15) is 0 Å². The van der Waals surface area contributed by atoms with Crippen LogP contribution in [0.25, 0.3) is 0 Å². The summed E-state index contributed by atoms with van der Waals surface area (Å²) in [6.07, 6.45) is 3.08. The quantitative estimate of drug-likeness (QED) is 0.0731. The molecule has 0 aromatic carbocycles. The normalized spacial score (nSPS) is 36.1. The van der Waals surface area contributed by atoms with Crippen molar-refractivity contribution in [3.05, 3.63) is 36.0 Å². The number of esters is 5. The Kier molecular flexibility index (Phi) is 15.1. The van der Waals surface area contributed by atoms with E-state index >= 15 is 0 Å². The van der Waals surface area contributed by atoms with Crippen molar-refractivity contribution >= 4 is 29.8 Å². The molecule has 12 atom stereocenters. The van der Waals surface area contributed by atoms with Crippen LogP contribution in [-0.4, -0.2) is 80.4 Å². The Labute approximate surface area is 339 Å². The molecule has 3 aliphatic carbocycles. The van der Waals surface area contributed by atoms with Gasteiger partial charge in [0.1, 0.15) is 12.7 Å². The van der Waals surface area contributed by atoms with Gasteiger partial charge in [-0.15, -0.1) is 0 Å². The van der Waals surface area contributed by atoms with E-state index in [0.717, 1.165) is 50.5 Å². The number of fused-ring (bicyclic) bond motifs is 1. The number of rotatable bonds is 14. The molecule has 1 saturated heterocycles. The minimum Gasteiger partial charge on any atom is -0.469 e. The Morgan fingerprint density at radius 1 is 0.842 bits per heavy atom. The molecular formula is C45H68O12. The Bertz CT molecular complexity index is 1580. The maximum absolute atomic E-state index is 12.5. The highest BCUT2D eigenvalue weighted by Crippen LogP contribution is 2.63. The third-order valence-electron chi connectivity index (χ3n) is 14.0. The van der Waals surface area contributed by atoms with Gasteiger partial charge in [0.15, 0.2) is 24.6 Å². The van der Waals surface area contributed by atoms with Crippen LogP contribution in [0.1, 0.15) is 127 Å². The van der Waals surface area contributed by atoms with E-state index in [-0.39, 0.29) is 53.2 Å². The summed E-state index contributed by atoms with van der Waals surface area (Å²) in [6, 6.07) is 0. The minimum absolute atomic E-state index is 0.0948. The first-order chi connectivity index (χ1) is 26.6. The van der Waals surface area contributed by atoms with Crippen LogP contribution in [0.5, 0.6) is 0 Å². The number of hydrogen-bond donors (Lipinski definition) is 0. The predicted octanol–water partition coefficient (Wildman–Crippen LogP) is 7.76. The van der Waals surface area contributed by atoms with Gasteiger partial charge in [-0.1, -0.05) is 63.6 Å². The summed E-state index contributed by atoms with van der Waals surface area (Å²) in [5.74, 6) is -1.82. The topological polar surface area (TPSA) is 150 Å². The third kappa shape index (κ3) is 10.2. The van der Waals surface area contributed by atoms with E-state index in [0.29, 0.717) is 12.8 Å². The summed E-state index contributed by atoms with van der Waals surface area (Å²) in [5.41, 5.74) is 3.14. The second-order valence-corrected chi connectivity index (χ2v) is 18.2. The summed E-state index contributed by atoms with van der Waals surface area (Å²) in [5, 5.41) is 0. The molecule has 57 heavy (non-hydrogen) atoms. The number of hydrogen-bond acceptors (Lipinski definition) is 12. The molecule has 0 radical (unpaired) electrons. The Hall–Kier alpha value is -3.51. The van der Waals surface area contributed by atoms with Gasteiger partial charge in [0.2, 0.25) is 0 Å². The molecule has 2 saturated carbocycles. The van der Waals surface area contributed by atoms with E-state index < -0.39 is 60.0 Å². The molecule has 320 valence electrons. The van der Waals surface area contributed by atoms with Gasteiger partial charge in [-0.05, 0) is 105 Å². The summed E-state index contributed by atoms with van der Waals surface area (Å²) < 4.78 is 40.5. The van der Waals surface area contributed by atoms with Crippen molar-refractivity contribution in [1.82, 2.24) is 0 Å². The number of carbonyl (C=O) groups is 5. The average Bonchev–Trinajstić information content (AvgIpc) is 3.10. The van der Waals surface area contributed by atoms with Crippen LogP contribution >= 0.6 is 0 Å². The molecule has 0 unspecified atom stereocenters. The lowest BCUT2D eigenvalue weighted by Crippen LogP contribution is -2.64. The Balaban J connectivity index is 1.63. The minimum atomic E-state index is -1.30. The zero-order valence-corrected chi connectivity index (χ0v) is 36.2. The van der Waals surface area contributed by atoms with E-state index in [4.69, 9.17) is 33.2 Å². The number of allylic oxidation sites excluding steroid dienone is 4. The van der Waals surface area contributed by atoms with Crippen molar-refractivity contribution in [1.29, 1.82) is 0 Å². The molecule has 4 aliphatic rings. The molecule has 1 heterocycles. The van der Waals surface area contributed by atoms with Crippen molar-refractivity contribution < 1.29 is 57.1 Å². The molecule has 0 amide bonds. The van der Waals surface area contributed by atoms with Gasteiger partial charge < -0.3 is 33.2 Å². The number of methoxy groups -OCH3 is 1. The van der Waals surface area contributed by atoms with E-state index in [2.05, 4.69) is 60.8 Å². The van der Waals surface area contributed by atoms with Gasteiger partial charge in [-0.25, -0.2) is 0 Å². The first-order valence-corrected chi connectivity index (χ1v) is 20.6. The van der Waals surface area contributed by atoms with Crippen LogP contribution in [0.15, 0.2) is 36.0 Å². The predicted molar refractivity (Wildman–Crippen MR) is 212 cm³/mol. The molecule has 1 aliphatic heterocycles. The van der Waals surface area contributed by atoms with Crippen molar-refractivity contribution in [2.75, 3.05) is 13.7 Å². The largest absolute Gasteiger partial charge is 0.469 e. The highest BCUT2D eigenvalue weighted by molar-refractivity contribution is 5.69. The molecular weight excluding hydrogens is 732 g/mol. The van der Waals surface area contributed by atoms with E-state index in [1.807, 2.05) is 0 Å². The van der Waals surface area contributed by atoms with Crippen LogP contribution < -0.4 is 0 Å². The first-order valence-electron chi connectivity index (χ1n) is 20.6. The number of carbonyl (C=O) groups excluding carboxylic acids is 5. The average molecular weight is 801 g/mol. The summed E-state index contributed by atoms with van der Waals surface area (Å²) >= 11 is 0. The van der Waals surface area contributed by atoms with Gasteiger partial charge in [-0.3, -0.25) is 24.0 Å². The van der Waals surface area contributed by atoms with Crippen LogP contribution in [-0.2, 0) is 57.1 Å². The molecule has 12 nitrogen and oxygen atoms in total. The van der Waals surface area contributed by atoms with Crippen molar-refractivity contribution in [2.45, 2.75) is 164 Å². The standard InChI is InChI=1S/C45H68O12/c1-25(2)32-16-14-26(3)33(44(32,11)23-21-38(50)51-13)17-18-34-27(4)15-19-36-43(9,10)37(20-22-45(34,36)12)57-42-41(55-31(8)49)40(54-30(7)48)39(53-29(6)47)35(56-42)24-52-28(5)46/h14,32-37,39-42H,1,4,15-24H2,2-3,5-13H3/t32-,33-,34-,35+,36-,37-,39+,40-,41+,42-,44-,45+/m0/s1. The lowest BCUT2D eigenvalue weighted by molar-refractivity contribution is -0.331. The van der Waals surface area contributed by atoms with Gasteiger partial charge in [0.05, 0.1) is 13.2 Å². The first kappa shape index (κ1) is 46.2. The van der Waals surface area contributed by atoms with Crippen molar-refractivity contribution in [3.63, 3.8) is 0 Å².